The monoisotopic (exact) mass is 364 g/mol. The fourth-order valence-electron chi connectivity index (χ4n) is 1.86. The topological polar surface area (TPSA) is 67.8 Å². The van der Waals surface area contributed by atoms with Crippen LogP contribution >= 0.6 is 34.5 Å². The van der Waals surface area contributed by atoms with E-state index in [1.807, 2.05) is 30.3 Å². The molecule has 2 heterocycles. The summed E-state index contributed by atoms with van der Waals surface area (Å²) >= 11 is 12.9. The van der Waals surface area contributed by atoms with E-state index in [9.17, 15) is 4.79 Å². The first-order chi connectivity index (χ1) is 11.1. The molecular formula is C15H10Cl2N4OS. The third-order valence-corrected chi connectivity index (χ3v) is 4.47. The Bertz CT molecular complexity index is 839. The molecule has 0 atom stereocenters. The average molecular weight is 365 g/mol. The minimum absolute atomic E-state index is 0.157. The van der Waals surface area contributed by atoms with Crippen molar-refractivity contribution in [3.63, 3.8) is 0 Å². The number of carbonyl (C=O) groups is 1. The molecule has 3 rings (SSSR count). The normalized spacial score (nSPS) is 10.5. The minimum Gasteiger partial charge on any atom is -0.296 e. The van der Waals surface area contributed by atoms with Crippen molar-refractivity contribution in [2.45, 2.75) is 6.42 Å². The highest BCUT2D eigenvalue weighted by molar-refractivity contribution is 7.15. The highest BCUT2D eigenvalue weighted by Gasteiger charge is 2.12. The second kappa shape index (κ2) is 7.04. The fraction of sp³-hybridized carbons (Fsp3) is 0.0667. The third-order valence-electron chi connectivity index (χ3n) is 2.94. The van der Waals surface area contributed by atoms with Crippen molar-refractivity contribution in [1.29, 1.82) is 0 Å². The highest BCUT2D eigenvalue weighted by atomic mass is 35.5. The second-order valence-corrected chi connectivity index (χ2v) is 6.44. The number of hydrogen-bond acceptors (Lipinski definition) is 5. The van der Waals surface area contributed by atoms with E-state index in [2.05, 4.69) is 20.5 Å². The summed E-state index contributed by atoms with van der Waals surface area (Å²) in [6.07, 6.45) is 2.03. The molecule has 2 aromatic heterocycles. The zero-order chi connectivity index (χ0) is 16.2. The van der Waals surface area contributed by atoms with Crippen LogP contribution in [0.3, 0.4) is 0 Å². The summed E-state index contributed by atoms with van der Waals surface area (Å²) in [6.45, 7) is 0. The lowest BCUT2D eigenvalue weighted by molar-refractivity contribution is 0.102. The van der Waals surface area contributed by atoms with Gasteiger partial charge in [-0.15, -0.1) is 10.2 Å². The van der Waals surface area contributed by atoms with Gasteiger partial charge < -0.3 is 0 Å². The molecule has 0 bridgehead atoms. The van der Waals surface area contributed by atoms with Crippen molar-refractivity contribution in [3.8, 4) is 0 Å². The van der Waals surface area contributed by atoms with E-state index < -0.39 is 0 Å². The predicted molar refractivity (Wildman–Crippen MR) is 91.4 cm³/mol. The van der Waals surface area contributed by atoms with E-state index in [1.165, 1.54) is 23.6 Å². The van der Waals surface area contributed by atoms with Crippen molar-refractivity contribution in [1.82, 2.24) is 15.2 Å². The standard InChI is InChI=1S/C15H10Cl2N4OS/c16-11-7-10(8-18-13(11)17)14(22)19-15-21-20-12(23-15)6-9-4-2-1-3-5-9/h1-5,7-8H,6H2,(H,19,21,22). The summed E-state index contributed by atoms with van der Waals surface area (Å²) in [6, 6.07) is 11.4. The van der Waals surface area contributed by atoms with Crippen LogP contribution in [0.15, 0.2) is 42.6 Å². The molecule has 5 nitrogen and oxygen atoms in total. The molecule has 0 aliphatic rings. The van der Waals surface area contributed by atoms with Gasteiger partial charge in [0.2, 0.25) is 5.13 Å². The summed E-state index contributed by atoms with van der Waals surface area (Å²) in [5.74, 6) is -0.363. The molecule has 0 unspecified atom stereocenters. The number of nitrogens with zero attached hydrogens (tertiary/aromatic N) is 3. The minimum atomic E-state index is -0.363. The molecule has 3 aromatic rings. The number of nitrogens with one attached hydrogen (secondary N) is 1. The Hall–Kier alpha value is -2.02. The van der Waals surface area contributed by atoms with Crippen molar-refractivity contribution >= 4 is 45.6 Å². The Morgan fingerprint density at radius 2 is 1.96 bits per heavy atom. The SMILES string of the molecule is O=C(Nc1nnc(Cc2ccccc2)s1)c1cnc(Cl)c(Cl)c1. The van der Waals surface area contributed by atoms with Crippen LogP contribution in [0.25, 0.3) is 0 Å². The molecule has 8 heteroatoms. The number of aromatic nitrogens is 3. The zero-order valence-corrected chi connectivity index (χ0v) is 14.0. The zero-order valence-electron chi connectivity index (χ0n) is 11.7. The highest BCUT2D eigenvalue weighted by Crippen LogP contribution is 2.22. The Morgan fingerprint density at radius 3 is 2.70 bits per heavy atom. The molecule has 116 valence electrons. The fourth-order valence-corrected chi connectivity index (χ4v) is 2.90. The van der Waals surface area contributed by atoms with Gasteiger partial charge in [0.1, 0.15) is 10.2 Å². The van der Waals surface area contributed by atoms with E-state index in [-0.39, 0.29) is 16.1 Å². The first-order valence-corrected chi connectivity index (χ1v) is 8.18. The van der Waals surface area contributed by atoms with Crippen LogP contribution in [0.4, 0.5) is 5.13 Å². The molecule has 1 amide bonds. The summed E-state index contributed by atoms with van der Waals surface area (Å²) in [5, 5.41) is 12.4. The number of carbonyl (C=O) groups excluding carboxylic acids is 1. The lowest BCUT2D eigenvalue weighted by Crippen LogP contribution is -2.12. The smallest absolute Gasteiger partial charge is 0.259 e. The first kappa shape index (κ1) is 15.9. The number of rotatable bonds is 4. The van der Waals surface area contributed by atoms with E-state index in [4.69, 9.17) is 23.2 Å². The van der Waals surface area contributed by atoms with Crippen LogP contribution in [-0.4, -0.2) is 21.1 Å². The van der Waals surface area contributed by atoms with Crippen LogP contribution in [0.2, 0.25) is 10.2 Å². The van der Waals surface area contributed by atoms with Gasteiger partial charge >= 0.3 is 0 Å². The maximum atomic E-state index is 12.1. The second-order valence-electron chi connectivity index (χ2n) is 4.61. The molecule has 0 saturated carbocycles. The van der Waals surface area contributed by atoms with Gasteiger partial charge in [-0.3, -0.25) is 10.1 Å². The molecule has 1 N–H and O–H groups in total. The van der Waals surface area contributed by atoms with E-state index >= 15 is 0 Å². The number of hydrogen-bond donors (Lipinski definition) is 1. The van der Waals surface area contributed by atoms with Crippen molar-refractivity contribution in [2.75, 3.05) is 5.32 Å². The van der Waals surface area contributed by atoms with Crippen molar-refractivity contribution < 1.29 is 4.79 Å². The van der Waals surface area contributed by atoms with Gasteiger partial charge in [-0.05, 0) is 11.6 Å². The van der Waals surface area contributed by atoms with Crippen LogP contribution in [0.1, 0.15) is 20.9 Å². The van der Waals surface area contributed by atoms with Gasteiger partial charge in [-0.2, -0.15) is 0 Å². The summed E-state index contributed by atoms with van der Waals surface area (Å²) in [4.78, 5) is 16.0. The number of pyridine rings is 1. The number of anilines is 1. The van der Waals surface area contributed by atoms with Gasteiger partial charge in [0.15, 0.2) is 0 Å². The number of amides is 1. The van der Waals surface area contributed by atoms with Gasteiger partial charge in [0, 0.05) is 12.6 Å². The van der Waals surface area contributed by atoms with Gasteiger partial charge in [-0.25, -0.2) is 4.98 Å². The Kier molecular flexibility index (Phi) is 4.85. The summed E-state index contributed by atoms with van der Waals surface area (Å²) in [5.41, 5.74) is 1.44. The Balaban J connectivity index is 1.68. The van der Waals surface area contributed by atoms with Crippen LogP contribution in [-0.2, 0) is 6.42 Å². The summed E-state index contributed by atoms with van der Waals surface area (Å²) in [7, 11) is 0. The lowest BCUT2D eigenvalue weighted by Gasteiger charge is -2.01. The average Bonchev–Trinajstić information content (AvgIpc) is 2.98. The quantitative estimate of drug-likeness (QED) is 0.708. The van der Waals surface area contributed by atoms with Gasteiger partial charge in [0.05, 0.1) is 10.6 Å². The maximum Gasteiger partial charge on any atom is 0.259 e. The van der Waals surface area contributed by atoms with E-state index in [1.54, 1.807) is 0 Å². The van der Waals surface area contributed by atoms with E-state index in [0.717, 1.165) is 10.6 Å². The molecule has 23 heavy (non-hydrogen) atoms. The summed E-state index contributed by atoms with van der Waals surface area (Å²) < 4.78 is 0. The number of halogens is 2. The van der Waals surface area contributed by atoms with Crippen LogP contribution in [0, 0.1) is 0 Å². The maximum absolute atomic E-state index is 12.1. The molecule has 1 aromatic carbocycles. The third kappa shape index (κ3) is 4.04. The molecule has 0 aliphatic carbocycles. The molecule has 0 aliphatic heterocycles. The first-order valence-electron chi connectivity index (χ1n) is 6.60. The van der Waals surface area contributed by atoms with Crippen LogP contribution in [0.5, 0.6) is 0 Å². The van der Waals surface area contributed by atoms with Crippen molar-refractivity contribution in [2.24, 2.45) is 0 Å². The largest absolute Gasteiger partial charge is 0.296 e. The number of benzene rings is 1. The Morgan fingerprint density at radius 1 is 1.17 bits per heavy atom. The van der Waals surface area contributed by atoms with Gasteiger partial charge in [-0.1, -0.05) is 64.9 Å². The predicted octanol–water partition coefficient (Wildman–Crippen LogP) is 4.08. The Labute approximate surface area is 146 Å². The van der Waals surface area contributed by atoms with Crippen LogP contribution < -0.4 is 5.32 Å². The lowest BCUT2D eigenvalue weighted by atomic mass is 10.2. The van der Waals surface area contributed by atoms with Gasteiger partial charge in [0.25, 0.3) is 5.91 Å². The van der Waals surface area contributed by atoms with Crippen molar-refractivity contribution in [3.05, 3.63) is 68.9 Å². The molecule has 0 fully saturated rings. The molecule has 0 spiro atoms. The van der Waals surface area contributed by atoms with E-state index in [0.29, 0.717) is 17.1 Å². The molecule has 0 radical (unpaired) electrons. The molecule has 0 saturated heterocycles. The molecular weight excluding hydrogens is 355 g/mol.